The lowest BCUT2D eigenvalue weighted by molar-refractivity contribution is 0.102. The maximum absolute atomic E-state index is 12.1. The molecule has 0 aliphatic carbocycles. The molecule has 0 atom stereocenters. The standard InChI is InChI=1S/C14H15ClN4O2/c1-3-16-13-7-6-11(18-19-13)14(20)17-12-8-9(21-2)4-5-10(12)15/h4-8H,3H2,1-2H3,(H,16,19)(H,17,20). The summed E-state index contributed by atoms with van der Waals surface area (Å²) < 4.78 is 5.09. The van der Waals surface area contributed by atoms with E-state index in [1.165, 1.54) is 0 Å². The number of anilines is 2. The molecule has 2 aromatic rings. The van der Waals surface area contributed by atoms with Gasteiger partial charge in [-0.2, -0.15) is 0 Å². The van der Waals surface area contributed by atoms with Crippen LogP contribution in [-0.2, 0) is 0 Å². The van der Waals surface area contributed by atoms with Gasteiger partial charge in [0.25, 0.3) is 5.91 Å². The van der Waals surface area contributed by atoms with Crippen molar-refractivity contribution in [2.24, 2.45) is 0 Å². The first-order chi connectivity index (χ1) is 10.1. The van der Waals surface area contributed by atoms with Gasteiger partial charge in [0.2, 0.25) is 0 Å². The Balaban J connectivity index is 2.14. The van der Waals surface area contributed by atoms with E-state index in [1.807, 2.05) is 6.92 Å². The summed E-state index contributed by atoms with van der Waals surface area (Å²) in [5.41, 5.74) is 0.661. The number of halogens is 1. The fourth-order valence-corrected chi connectivity index (χ4v) is 1.81. The predicted molar refractivity (Wildman–Crippen MR) is 82.2 cm³/mol. The molecule has 1 aromatic carbocycles. The molecule has 0 saturated carbocycles. The molecule has 0 saturated heterocycles. The Hall–Kier alpha value is -2.34. The zero-order valence-corrected chi connectivity index (χ0v) is 12.4. The van der Waals surface area contributed by atoms with Crippen LogP contribution in [0.4, 0.5) is 11.5 Å². The Morgan fingerprint density at radius 3 is 2.71 bits per heavy atom. The maximum Gasteiger partial charge on any atom is 0.276 e. The van der Waals surface area contributed by atoms with E-state index in [4.69, 9.17) is 16.3 Å². The zero-order chi connectivity index (χ0) is 15.2. The number of carbonyl (C=O) groups excluding carboxylic acids is 1. The molecule has 0 aliphatic rings. The maximum atomic E-state index is 12.1. The van der Waals surface area contributed by atoms with Crippen molar-refractivity contribution in [3.8, 4) is 5.75 Å². The van der Waals surface area contributed by atoms with Crippen molar-refractivity contribution in [2.45, 2.75) is 6.92 Å². The third-order valence-electron chi connectivity index (χ3n) is 2.68. The number of amides is 1. The number of nitrogens with zero attached hydrogens (tertiary/aromatic N) is 2. The highest BCUT2D eigenvalue weighted by molar-refractivity contribution is 6.34. The molecule has 0 fully saturated rings. The molecule has 7 heteroatoms. The van der Waals surface area contributed by atoms with Crippen LogP contribution in [0.5, 0.6) is 5.75 Å². The molecular weight excluding hydrogens is 292 g/mol. The summed E-state index contributed by atoms with van der Waals surface area (Å²) in [6.07, 6.45) is 0. The summed E-state index contributed by atoms with van der Waals surface area (Å²) in [7, 11) is 1.54. The zero-order valence-electron chi connectivity index (χ0n) is 11.7. The largest absolute Gasteiger partial charge is 0.497 e. The van der Waals surface area contributed by atoms with Gasteiger partial charge >= 0.3 is 0 Å². The van der Waals surface area contributed by atoms with Gasteiger partial charge < -0.3 is 15.4 Å². The molecule has 0 aliphatic heterocycles. The van der Waals surface area contributed by atoms with Gasteiger partial charge in [-0.15, -0.1) is 10.2 Å². The minimum absolute atomic E-state index is 0.204. The van der Waals surface area contributed by atoms with Crippen molar-refractivity contribution in [2.75, 3.05) is 24.3 Å². The molecule has 1 aromatic heterocycles. The Kier molecular flexibility index (Phi) is 4.94. The van der Waals surface area contributed by atoms with Crippen LogP contribution in [0.15, 0.2) is 30.3 Å². The van der Waals surface area contributed by atoms with Crippen molar-refractivity contribution in [3.63, 3.8) is 0 Å². The number of ether oxygens (including phenoxy) is 1. The number of aromatic nitrogens is 2. The lowest BCUT2D eigenvalue weighted by Gasteiger charge is -2.09. The van der Waals surface area contributed by atoms with Crippen LogP contribution >= 0.6 is 11.6 Å². The van der Waals surface area contributed by atoms with Crippen molar-refractivity contribution < 1.29 is 9.53 Å². The van der Waals surface area contributed by atoms with Gasteiger partial charge in [0.15, 0.2) is 5.69 Å². The second kappa shape index (κ2) is 6.90. The molecule has 0 unspecified atom stereocenters. The van der Waals surface area contributed by atoms with E-state index in [0.717, 1.165) is 6.54 Å². The number of benzene rings is 1. The molecule has 6 nitrogen and oxygen atoms in total. The summed E-state index contributed by atoms with van der Waals surface area (Å²) in [6.45, 7) is 2.69. The van der Waals surface area contributed by atoms with Crippen LogP contribution in [0.25, 0.3) is 0 Å². The third-order valence-corrected chi connectivity index (χ3v) is 3.01. The minimum Gasteiger partial charge on any atom is -0.497 e. The van der Waals surface area contributed by atoms with E-state index in [2.05, 4.69) is 20.8 Å². The summed E-state index contributed by atoms with van der Waals surface area (Å²) >= 11 is 6.03. The number of nitrogens with one attached hydrogen (secondary N) is 2. The molecule has 0 spiro atoms. The van der Waals surface area contributed by atoms with Gasteiger partial charge in [-0.05, 0) is 31.2 Å². The molecule has 110 valence electrons. The molecule has 21 heavy (non-hydrogen) atoms. The smallest absolute Gasteiger partial charge is 0.276 e. The second-order valence-electron chi connectivity index (χ2n) is 4.13. The van der Waals surface area contributed by atoms with Gasteiger partial charge in [0.05, 0.1) is 17.8 Å². The normalized spacial score (nSPS) is 10.0. The van der Waals surface area contributed by atoms with E-state index in [0.29, 0.717) is 22.3 Å². The van der Waals surface area contributed by atoms with Gasteiger partial charge in [-0.25, -0.2) is 0 Å². The molecule has 2 N–H and O–H groups in total. The molecule has 1 heterocycles. The minimum atomic E-state index is -0.388. The summed E-state index contributed by atoms with van der Waals surface area (Å²) in [4.78, 5) is 12.1. The molecule has 2 rings (SSSR count). The van der Waals surface area contributed by atoms with Crippen LogP contribution in [0.2, 0.25) is 5.02 Å². The summed E-state index contributed by atoms with van der Waals surface area (Å²) in [6, 6.07) is 8.28. The van der Waals surface area contributed by atoms with Crippen molar-refractivity contribution in [1.29, 1.82) is 0 Å². The predicted octanol–water partition coefficient (Wildman–Crippen LogP) is 2.82. The summed E-state index contributed by atoms with van der Waals surface area (Å²) in [5, 5.41) is 13.9. The number of hydrogen-bond acceptors (Lipinski definition) is 5. The highest BCUT2D eigenvalue weighted by Crippen LogP contribution is 2.26. The first-order valence-electron chi connectivity index (χ1n) is 6.36. The SMILES string of the molecule is CCNc1ccc(C(=O)Nc2cc(OC)ccc2Cl)nn1. The molecule has 1 amide bonds. The second-order valence-corrected chi connectivity index (χ2v) is 4.54. The first-order valence-corrected chi connectivity index (χ1v) is 6.74. The van der Waals surface area contributed by atoms with Crippen LogP contribution in [0.3, 0.4) is 0 Å². The number of carbonyl (C=O) groups is 1. The van der Waals surface area contributed by atoms with Crippen molar-refractivity contribution >= 4 is 29.0 Å². The number of hydrogen-bond donors (Lipinski definition) is 2. The third kappa shape index (κ3) is 3.82. The van der Waals surface area contributed by atoms with E-state index in [1.54, 1.807) is 37.4 Å². The molecular formula is C14H15ClN4O2. The van der Waals surface area contributed by atoms with Gasteiger partial charge in [-0.1, -0.05) is 11.6 Å². The van der Waals surface area contributed by atoms with Crippen LogP contribution in [-0.4, -0.2) is 29.8 Å². The van der Waals surface area contributed by atoms with Gasteiger partial charge in [-0.3, -0.25) is 4.79 Å². The Morgan fingerprint density at radius 2 is 2.10 bits per heavy atom. The van der Waals surface area contributed by atoms with Crippen LogP contribution in [0, 0.1) is 0 Å². The van der Waals surface area contributed by atoms with E-state index in [9.17, 15) is 4.79 Å². The van der Waals surface area contributed by atoms with Gasteiger partial charge in [0, 0.05) is 12.6 Å². The highest BCUT2D eigenvalue weighted by Gasteiger charge is 2.11. The average Bonchev–Trinajstić information content (AvgIpc) is 2.50. The van der Waals surface area contributed by atoms with Crippen LogP contribution in [0.1, 0.15) is 17.4 Å². The van der Waals surface area contributed by atoms with E-state index in [-0.39, 0.29) is 11.6 Å². The molecule has 0 bridgehead atoms. The fraction of sp³-hybridized carbons (Fsp3) is 0.214. The average molecular weight is 307 g/mol. The summed E-state index contributed by atoms with van der Waals surface area (Å²) in [5.74, 6) is 0.831. The Bertz CT molecular complexity index is 631. The lowest BCUT2D eigenvalue weighted by atomic mass is 10.2. The van der Waals surface area contributed by atoms with E-state index >= 15 is 0 Å². The first kappa shape index (κ1) is 15.1. The lowest BCUT2D eigenvalue weighted by Crippen LogP contribution is -2.15. The highest BCUT2D eigenvalue weighted by atomic mass is 35.5. The van der Waals surface area contributed by atoms with Crippen LogP contribution < -0.4 is 15.4 Å². The topological polar surface area (TPSA) is 76.1 Å². The van der Waals surface area contributed by atoms with Crippen molar-refractivity contribution in [1.82, 2.24) is 10.2 Å². The van der Waals surface area contributed by atoms with Crippen molar-refractivity contribution in [3.05, 3.63) is 41.0 Å². The Morgan fingerprint density at radius 1 is 1.29 bits per heavy atom. The fourth-order valence-electron chi connectivity index (χ4n) is 1.64. The number of methoxy groups -OCH3 is 1. The Labute approximate surface area is 127 Å². The monoisotopic (exact) mass is 306 g/mol. The van der Waals surface area contributed by atoms with Gasteiger partial charge in [0.1, 0.15) is 11.6 Å². The molecule has 0 radical (unpaired) electrons. The number of rotatable bonds is 5. The van der Waals surface area contributed by atoms with E-state index < -0.39 is 0 Å². The quantitative estimate of drug-likeness (QED) is 0.888.